The average Bonchev–Trinajstić information content (AvgIpc) is 2.65. The quantitative estimate of drug-likeness (QED) is 0.730. The second-order valence-electron chi connectivity index (χ2n) is 3.54. The van der Waals surface area contributed by atoms with E-state index in [-0.39, 0.29) is 0 Å². The lowest BCUT2D eigenvalue weighted by atomic mass is 10.1. The van der Waals surface area contributed by atoms with Crippen LogP contribution in [-0.4, -0.2) is 14.8 Å². The summed E-state index contributed by atoms with van der Waals surface area (Å²) in [6.45, 7) is 4.14. The summed E-state index contributed by atoms with van der Waals surface area (Å²) in [4.78, 5) is 0. The molecule has 2 rings (SSSR count). The topological polar surface area (TPSA) is 30.7 Å². The van der Waals surface area contributed by atoms with Crippen LogP contribution in [0.15, 0.2) is 24.5 Å². The zero-order valence-corrected chi connectivity index (χ0v) is 9.49. The number of hydrogen-bond acceptors (Lipinski definition) is 2. The van der Waals surface area contributed by atoms with Crippen LogP contribution < -0.4 is 0 Å². The predicted molar refractivity (Wildman–Crippen MR) is 60.4 cm³/mol. The van der Waals surface area contributed by atoms with Gasteiger partial charge in [-0.25, -0.2) is 0 Å². The summed E-state index contributed by atoms with van der Waals surface area (Å²) in [5.41, 5.74) is 3.53. The molecule has 0 aliphatic rings. The van der Waals surface area contributed by atoms with Gasteiger partial charge in [-0.1, -0.05) is 17.7 Å². The van der Waals surface area contributed by atoms with Crippen molar-refractivity contribution < 1.29 is 0 Å². The fourth-order valence-electron chi connectivity index (χ4n) is 1.63. The maximum atomic E-state index is 5.78. The molecular formula is C11H12ClN3. The Bertz CT molecular complexity index is 476. The largest absolute Gasteiger partial charge is 0.284 e. The van der Waals surface area contributed by atoms with E-state index in [4.69, 9.17) is 11.6 Å². The highest BCUT2D eigenvalue weighted by Gasteiger charge is 2.06. The van der Waals surface area contributed by atoms with Crippen molar-refractivity contribution in [3.63, 3.8) is 0 Å². The van der Waals surface area contributed by atoms with Gasteiger partial charge in [-0.2, -0.15) is 0 Å². The number of aromatic nitrogens is 3. The van der Waals surface area contributed by atoms with Crippen molar-refractivity contribution in [2.24, 2.45) is 0 Å². The van der Waals surface area contributed by atoms with Gasteiger partial charge in [0, 0.05) is 0 Å². The molecule has 1 aromatic heterocycles. The van der Waals surface area contributed by atoms with Gasteiger partial charge in [0.15, 0.2) is 5.82 Å². The fourth-order valence-corrected chi connectivity index (χ4v) is 1.81. The first-order valence-electron chi connectivity index (χ1n) is 4.75. The Morgan fingerprint density at radius 1 is 1.33 bits per heavy atom. The minimum atomic E-state index is 0.368. The highest BCUT2D eigenvalue weighted by atomic mass is 35.5. The third-order valence-electron chi connectivity index (χ3n) is 2.35. The average molecular weight is 222 g/mol. The van der Waals surface area contributed by atoms with Crippen LogP contribution in [0.25, 0.3) is 5.69 Å². The zero-order chi connectivity index (χ0) is 10.8. The number of halogens is 1. The molecule has 0 aliphatic carbocycles. The highest BCUT2D eigenvalue weighted by Crippen LogP contribution is 2.17. The van der Waals surface area contributed by atoms with E-state index in [0.717, 1.165) is 11.5 Å². The summed E-state index contributed by atoms with van der Waals surface area (Å²) >= 11 is 5.78. The molecule has 0 saturated carbocycles. The SMILES string of the molecule is Cc1ccc(-n2cnnc2CCl)c(C)c1. The molecule has 78 valence electrons. The minimum absolute atomic E-state index is 0.368. The second-order valence-corrected chi connectivity index (χ2v) is 3.81. The first kappa shape index (κ1) is 10.2. The maximum absolute atomic E-state index is 5.78. The van der Waals surface area contributed by atoms with Gasteiger partial charge >= 0.3 is 0 Å². The summed E-state index contributed by atoms with van der Waals surface area (Å²) in [6.07, 6.45) is 1.69. The van der Waals surface area contributed by atoms with Gasteiger partial charge in [-0.15, -0.1) is 21.8 Å². The number of alkyl halides is 1. The van der Waals surface area contributed by atoms with Gasteiger partial charge in [0.25, 0.3) is 0 Å². The van der Waals surface area contributed by atoms with Gasteiger partial charge in [-0.3, -0.25) is 4.57 Å². The molecule has 0 bridgehead atoms. The molecule has 0 saturated heterocycles. The Morgan fingerprint density at radius 2 is 2.13 bits per heavy atom. The van der Waals surface area contributed by atoms with Crippen molar-refractivity contribution in [1.29, 1.82) is 0 Å². The molecule has 15 heavy (non-hydrogen) atoms. The Morgan fingerprint density at radius 3 is 2.80 bits per heavy atom. The van der Waals surface area contributed by atoms with E-state index < -0.39 is 0 Å². The zero-order valence-electron chi connectivity index (χ0n) is 8.74. The lowest BCUT2D eigenvalue weighted by Crippen LogP contribution is -2.00. The van der Waals surface area contributed by atoms with Gasteiger partial charge in [0.1, 0.15) is 6.33 Å². The summed E-state index contributed by atoms with van der Waals surface area (Å²) in [6, 6.07) is 6.26. The first-order chi connectivity index (χ1) is 7.22. The Balaban J connectivity index is 2.54. The molecule has 0 N–H and O–H groups in total. The van der Waals surface area contributed by atoms with E-state index in [2.05, 4.69) is 42.2 Å². The molecule has 0 spiro atoms. The van der Waals surface area contributed by atoms with Crippen LogP contribution in [0.3, 0.4) is 0 Å². The van der Waals surface area contributed by atoms with Crippen LogP contribution in [0.2, 0.25) is 0 Å². The molecule has 0 amide bonds. The third kappa shape index (κ3) is 1.88. The number of nitrogens with zero attached hydrogens (tertiary/aromatic N) is 3. The van der Waals surface area contributed by atoms with Crippen LogP contribution in [0.4, 0.5) is 0 Å². The van der Waals surface area contributed by atoms with Crippen molar-refractivity contribution in [2.75, 3.05) is 0 Å². The first-order valence-corrected chi connectivity index (χ1v) is 5.28. The Labute approximate surface area is 93.7 Å². The lowest BCUT2D eigenvalue weighted by Gasteiger charge is -2.08. The Kier molecular flexibility index (Phi) is 2.73. The normalized spacial score (nSPS) is 10.6. The van der Waals surface area contributed by atoms with E-state index in [1.54, 1.807) is 6.33 Å². The lowest BCUT2D eigenvalue weighted by molar-refractivity contribution is 0.942. The maximum Gasteiger partial charge on any atom is 0.152 e. The predicted octanol–water partition coefficient (Wildman–Crippen LogP) is 2.62. The molecule has 0 fully saturated rings. The van der Waals surface area contributed by atoms with E-state index in [1.165, 1.54) is 11.1 Å². The van der Waals surface area contributed by atoms with Gasteiger partial charge < -0.3 is 0 Å². The highest BCUT2D eigenvalue weighted by molar-refractivity contribution is 6.16. The number of aryl methyl sites for hydroxylation is 2. The molecule has 3 nitrogen and oxygen atoms in total. The summed E-state index contributed by atoms with van der Waals surface area (Å²) in [7, 11) is 0. The Hall–Kier alpha value is -1.35. The molecule has 0 radical (unpaired) electrons. The van der Waals surface area contributed by atoms with E-state index in [9.17, 15) is 0 Å². The van der Waals surface area contributed by atoms with Crippen molar-refractivity contribution in [2.45, 2.75) is 19.7 Å². The number of rotatable bonds is 2. The second kappa shape index (κ2) is 4.03. The van der Waals surface area contributed by atoms with E-state index in [1.807, 2.05) is 4.57 Å². The third-order valence-corrected chi connectivity index (χ3v) is 2.59. The van der Waals surface area contributed by atoms with Crippen molar-refractivity contribution in [1.82, 2.24) is 14.8 Å². The summed E-state index contributed by atoms with van der Waals surface area (Å²) in [5, 5.41) is 7.82. The molecule has 2 aromatic rings. The summed E-state index contributed by atoms with van der Waals surface area (Å²) in [5.74, 6) is 1.14. The van der Waals surface area contributed by atoms with E-state index >= 15 is 0 Å². The molecular weight excluding hydrogens is 210 g/mol. The van der Waals surface area contributed by atoms with Gasteiger partial charge in [0.05, 0.1) is 11.6 Å². The molecule has 0 atom stereocenters. The van der Waals surface area contributed by atoms with Crippen molar-refractivity contribution in [3.8, 4) is 5.69 Å². The summed E-state index contributed by atoms with van der Waals surface area (Å²) < 4.78 is 1.92. The molecule has 0 unspecified atom stereocenters. The molecule has 1 aromatic carbocycles. The number of benzene rings is 1. The van der Waals surface area contributed by atoms with Gasteiger partial charge in [-0.05, 0) is 25.5 Å². The van der Waals surface area contributed by atoms with Crippen LogP contribution in [-0.2, 0) is 5.88 Å². The smallest absolute Gasteiger partial charge is 0.152 e. The van der Waals surface area contributed by atoms with Crippen LogP contribution in [0, 0.1) is 13.8 Å². The van der Waals surface area contributed by atoms with Crippen LogP contribution in [0.1, 0.15) is 17.0 Å². The fraction of sp³-hybridized carbons (Fsp3) is 0.273. The molecule has 4 heteroatoms. The standard InChI is InChI=1S/C11H12ClN3/c1-8-3-4-10(9(2)5-8)15-7-13-14-11(15)6-12/h3-5,7H,6H2,1-2H3. The van der Waals surface area contributed by atoms with E-state index in [0.29, 0.717) is 5.88 Å². The monoisotopic (exact) mass is 221 g/mol. The molecule has 0 aliphatic heterocycles. The minimum Gasteiger partial charge on any atom is -0.284 e. The van der Waals surface area contributed by atoms with Crippen molar-refractivity contribution >= 4 is 11.6 Å². The van der Waals surface area contributed by atoms with Gasteiger partial charge in [0.2, 0.25) is 0 Å². The van der Waals surface area contributed by atoms with Crippen LogP contribution >= 0.6 is 11.6 Å². The van der Waals surface area contributed by atoms with Crippen LogP contribution in [0.5, 0.6) is 0 Å². The van der Waals surface area contributed by atoms with Crippen molar-refractivity contribution in [3.05, 3.63) is 41.5 Å². The molecule has 1 heterocycles. The number of hydrogen-bond donors (Lipinski definition) is 0.